The lowest BCUT2D eigenvalue weighted by Crippen LogP contribution is -2.04. The molecule has 0 aromatic heterocycles. The smallest absolute Gasteiger partial charge is 0.336 e. The average molecular weight is 189 g/mol. The minimum Gasteiger partial charge on any atom is -0.478 e. The topological polar surface area (TPSA) is 78.2 Å². The Hall–Kier alpha value is -2.15. The summed E-state index contributed by atoms with van der Waals surface area (Å²) in [4.78, 5) is 21.3. The molecule has 0 aliphatic rings. The number of carbonyl (C=O) groups excluding carboxylic acids is 1. The van der Waals surface area contributed by atoms with Crippen LogP contribution in [0.3, 0.4) is 0 Å². The summed E-state index contributed by atoms with van der Waals surface area (Å²) in [7, 11) is 0. The summed E-state index contributed by atoms with van der Waals surface area (Å²) in [5.41, 5.74) is 0.545. The highest BCUT2D eigenvalue weighted by Gasteiger charge is 2.14. The Labute approximate surface area is 80.4 Å². The predicted molar refractivity (Wildman–Crippen MR) is 48.2 cm³/mol. The number of rotatable bonds is 2. The lowest BCUT2D eigenvalue weighted by atomic mass is 10.00. The second-order valence-corrected chi connectivity index (χ2v) is 2.81. The molecule has 4 heteroatoms. The number of aryl methyl sites for hydroxylation is 1. The van der Waals surface area contributed by atoms with Crippen molar-refractivity contribution in [1.29, 1.82) is 5.26 Å². The molecule has 0 unspecified atom stereocenters. The molecule has 0 bridgehead atoms. The molecule has 0 atom stereocenters. The zero-order valence-corrected chi connectivity index (χ0v) is 7.44. The largest absolute Gasteiger partial charge is 0.478 e. The van der Waals surface area contributed by atoms with Crippen LogP contribution in [0.25, 0.3) is 0 Å². The molecule has 0 heterocycles. The molecular formula is C10H7NO3. The highest BCUT2D eigenvalue weighted by Crippen LogP contribution is 2.15. The van der Waals surface area contributed by atoms with E-state index in [0.717, 1.165) is 0 Å². The monoisotopic (exact) mass is 189 g/mol. The van der Waals surface area contributed by atoms with Crippen molar-refractivity contribution >= 4 is 12.3 Å². The normalized spacial score (nSPS) is 9.14. The fraction of sp³-hybridized carbons (Fsp3) is 0.100. The van der Waals surface area contributed by atoms with Crippen LogP contribution in [0.15, 0.2) is 12.1 Å². The van der Waals surface area contributed by atoms with Gasteiger partial charge in [0.15, 0.2) is 6.29 Å². The van der Waals surface area contributed by atoms with Gasteiger partial charge in [-0.05, 0) is 24.6 Å². The molecule has 0 saturated carbocycles. The van der Waals surface area contributed by atoms with E-state index in [0.29, 0.717) is 11.8 Å². The fourth-order valence-electron chi connectivity index (χ4n) is 1.19. The zero-order chi connectivity index (χ0) is 10.7. The molecule has 1 aromatic carbocycles. The second-order valence-electron chi connectivity index (χ2n) is 2.81. The maximum absolute atomic E-state index is 10.7. The van der Waals surface area contributed by atoms with Gasteiger partial charge in [-0.15, -0.1) is 0 Å². The Bertz CT molecular complexity index is 443. The molecule has 0 aliphatic heterocycles. The number of nitriles is 1. The number of carboxylic acid groups (broad SMARTS) is 1. The van der Waals surface area contributed by atoms with Gasteiger partial charge in [-0.2, -0.15) is 5.26 Å². The fourth-order valence-corrected chi connectivity index (χ4v) is 1.19. The molecule has 0 aliphatic carbocycles. The maximum atomic E-state index is 10.7. The van der Waals surface area contributed by atoms with Crippen LogP contribution >= 0.6 is 0 Å². The number of nitrogens with zero attached hydrogens (tertiary/aromatic N) is 1. The number of aldehydes is 1. The lowest BCUT2D eigenvalue weighted by molar-refractivity contribution is 0.0694. The minimum absolute atomic E-state index is 0.0643. The Balaban J connectivity index is 3.57. The Morgan fingerprint density at radius 3 is 2.64 bits per heavy atom. The van der Waals surface area contributed by atoms with E-state index in [1.165, 1.54) is 12.1 Å². The van der Waals surface area contributed by atoms with Gasteiger partial charge in [0.05, 0.1) is 17.2 Å². The first kappa shape index (κ1) is 9.93. The van der Waals surface area contributed by atoms with Crippen LogP contribution < -0.4 is 0 Å². The van der Waals surface area contributed by atoms with E-state index in [1.807, 2.05) is 0 Å². The van der Waals surface area contributed by atoms with Gasteiger partial charge in [0.25, 0.3) is 0 Å². The molecule has 1 aromatic rings. The third-order valence-corrected chi connectivity index (χ3v) is 1.79. The summed E-state index contributed by atoms with van der Waals surface area (Å²) in [5, 5.41) is 17.5. The van der Waals surface area contributed by atoms with Gasteiger partial charge in [-0.25, -0.2) is 4.79 Å². The van der Waals surface area contributed by atoms with Crippen LogP contribution in [0.5, 0.6) is 0 Å². The third kappa shape index (κ3) is 1.62. The number of hydrogen-bond acceptors (Lipinski definition) is 3. The number of benzene rings is 1. The molecular weight excluding hydrogens is 182 g/mol. The van der Waals surface area contributed by atoms with Gasteiger partial charge in [0, 0.05) is 5.56 Å². The quantitative estimate of drug-likeness (QED) is 0.713. The molecule has 1 rings (SSSR count). The Kier molecular flexibility index (Phi) is 2.63. The Morgan fingerprint density at radius 1 is 1.57 bits per heavy atom. The average Bonchev–Trinajstić information content (AvgIpc) is 2.16. The molecule has 14 heavy (non-hydrogen) atoms. The van der Waals surface area contributed by atoms with E-state index in [4.69, 9.17) is 10.4 Å². The highest BCUT2D eigenvalue weighted by molar-refractivity contribution is 5.99. The summed E-state index contributed by atoms with van der Waals surface area (Å²) in [6.45, 7) is 1.67. The number of aromatic carboxylic acids is 1. The molecule has 70 valence electrons. The van der Waals surface area contributed by atoms with Crippen molar-refractivity contribution in [3.8, 4) is 6.07 Å². The maximum Gasteiger partial charge on any atom is 0.336 e. The molecule has 4 nitrogen and oxygen atoms in total. The van der Waals surface area contributed by atoms with Crippen LogP contribution in [0.4, 0.5) is 0 Å². The van der Waals surface area contributed by atoms with Gasteiger partial charge < -0.3 is 5.11 Å². The molecule has 0 fully saturated rings. The van der Waals surface area contributed by atoms with Gasteiger partial charge in [-0.1, -0.05) is 0 Å². The number of carbonyl (C=O) groups is 2. The summed E-state index contributed by atoms with van der Waals surface area (Å²) in [5.74, 6) is -1.20. The zero-order valence-electron chi connectivity index (χ0n) is 7.44. The number of hydrogen-bond donors (Lipinski definition) is 1. The van der Waals surface area contributed by atoms with Crippen molar-refractivity contribution in [2.24, 2.45) is 0 Å². The van der Waals surface area contributed by atoms with Gasteiger partial charge >= 0.3 is 5.97 Å². The van der Waals surface area contributed by atoms with Crippen LogP contribution in [0.2, 0.25) is 0 Å². The first-order chi connectivity index (χ1) is 6.60. The summed E-state index contributed by atoms with van der Waals surface area (Å²) < 4.78 is 0. The van der Waals surface area contributed by atoms with Gasteiger partial charge in [0.1, 0.15) is 0 Å². The molecule has 0 radical (unpaired) electrons. The molecule has 1 N–H and O–H groups in total. The van der Waals surface area contributed by atoms with Crippen molar-refractivity contribution in [3.63, 3.8) is 0 Å². The standard InChI is InChI=1S/C10H7NO3/c1-6-2-7(4-11)9(5-12)8(3-6)10(13)14/h2-3,5H,1H3,(H,13,14). The van der Waals surface area contributed by atoms with E-state index in [2.05, 4.69) is 0 Å². The van der Waals surface area contributed by atoms with Crippen molar-refractivity contribution in [2.45, 2.75) is 6.92 Å². The summed E-state index contributed by atoms with van der Waals surface area (Å²) in [6, 6.07) is 4.64. The second kappa shape index (κ2) is 3.71. The highest BCUT2D eigenvalue weighted by atomic mass is 16.4. The van der Waals surface area contributed by atoms with Crippen LogP contribution in [-0.4, -0.2) is 17.4 Å². The van der Waals surface area contributed by atoms with Crippen LogP contribution in [-0.2, 0) is 0 Å². The first-order valence-electron chi connectivity index (χ1n) is 3.83. The SMILES string of the molecule is Cc1cc(C#N)c(C=O)c(C(=O)O)c1. The molecule has 0 amide bonds. The third-order valence-electron chi connectivity index (χ3n) is 1.79. The van der Waals surface area contributed by atoms with E-state index >= 15 is 0 Å². The Morgan fingerprint density at radius 2 is 2.21 bits per heavy atom. The van der Waals surface area contributed by atoms with E-state index in [9.17, 15) is 9.59 Å². The van der Waals surface area contributed by atoms with Crippen LogP contribution in [0.1, 0.15) is 31.8 Å². The van der Waals surface area contributed by atoms with E-state index < -0.39 is 5.97 Å². The minimum atomic E-state index is -1.20. The summed E-state index contributed by atoms with van der Waals surface area (Å²) >= 11 is 0. The van der Waals surface area contributed by atoms with Gasteiger partial charge in [-0.3, -0.25) is 4.79 Å². The summed E-state index contributed by atoms with van der Waals surface area (Å²) in [6.07, 6.45) is 0.390. The molecule has 0 spiro atoms. The van der Waals surface area contributed by atoms with Crippen molar-refractivity contribution in [2.75, 3.05) is 0 Å². The number of carboxylic acids is 1. The molecule has 0 saturated heterocycles. The van der Waals surface area contributed by atoms with Crippen molar-refractivity contribution < 1.29 is 14.7 Å². The van der Waals surface area contributed by atoms with Crippen molar-refractivity contribution in [1.82, 2.24) is 0 Å². The first-order valence-corrected chi connectivity index (χ1v) is 3.83. The predicted octanol–water partition coefficient (Wildman–Crippen LogP) is 1.38. The van der Waals surface area contributed by atoms with E-state index in [1.54, 1.807) is 13.0 Å². The van der Waals surface area contributed by atoms with E-state index in [-0.39, 0.29) is 16.7 Å². The van der Waals surface area contributed by atoms with Crippen molar-refractivity contribution in [3.05, 3.63) is 34.4 Å². The van der Waals surface area contributed by atoms with Crippen LogP contribution in [0, 0.1) is 18.3 Å². The lowest BCUT2D eigenvalue weighted by Gasteiger charge is -2.02. The van der Waals surface area contributed by atoms with Gasteiger partial charge in [0.2, 0.25) is 0 Å².